The van der Waals surface area contributed by atoms with Crippen LogP contribution < -0.4 is 0 Å². The molecule has 1 aliphatic carbocycles. The maximum absolute atomic E-state index is 12.2. The van der Waals surface area contributed by atoms with Crippen molar-refractivity contribution in [2.45, 2.75) is 25.0 Å². The van der Waals surface area contributed by atoms with E-state index >= 15 is 0 Å². The molecular formula is C16H16O4. The van der Waals surface area contributed by atoms with Gasteiger partial charge in [0.05, 0.1) is 25.2 Å². The van der Waals surface area contributed by atoms with Crippen molar-refractivity contribution in [1.82, 2.24) is 0 Å². The van der Waals surface area contributed by atoms with Crippen LogP contribution >= 0.6 is 0 Å². The van der Waals surface area contributed by atoms with Gasteiger partial charge in [-0.1, -0.05) is 30.3 Å². The molecule has 0 amide bonds. The largest absolute Gasteiger partial charge is 0.501 e. The van der Waals surface area contributed by atoms with Gasteiger partial charge in [0.25, 0.3) is 0 Å². The minimum atomic E-state index is -0.839. The molecule has 104 valence electrons. The molecule has 0 aromatic heterocycles. The number of carbonyl (C=O) groups is 1. The minimum absolute atomic E-state index is 0.0565. The summed E-state index contributed by atoms with van der Waals surface area (Å²) in [6, 6.07) is 9.62. The summed E-state index contributed by atoms with van der Waals surface area (Å²) in [7, 11) is 1.55. The SMILES string of the molecule is COC1=CC2=C(C(=O)C[C@@H](c3ccccc3)O2)C(O)C1. The zero-order valence-electron chi connectivity index (χ0n) is 11.2. The zero-order chi connectivity index (χ0) is 14.1. The van der Waals surface area contributed by atoms with E-state index < -0.39 is 6.10 Å². The normalized spacial score (nSPS) is 25.7. The van der Waals surface area contributed by atoms with E-state index in [4.69, 9.17) is 9.47 Å². The lowest BCUT2D eigenvalue weighted by Crippen LogP contribution is -2.30. The van der Waals surface area contributed by atoms with E-state index in [-0.39, 0.29) is 18.3 Å². The molecule has 20 heavy (non-hydrogen) atoms. The second kappa shape index (κ2) is 5.13. The van der Waals surface area contributed by atoms with E-state index in [1.165, 1.54) is 0 Å². The fraction of sp³-hybridized carbons (Fsp3) is 0.312. The molecule has 1 aromatic carbocycles. The Hall–Kier alpha value is -2.07. The van der Waals surface area contributed by atoms with Crippen LogP contribution in [0.1, 0.15) is 24.5 Å². The van der Waals surface area contributed by atoms with E-state index in [1.54, 1.807) is 13.2 Å². The number of allylic oxidation sites excluding steroid dienone is 1. The molecule has 3 rings (SSSR count). The van der Waals surface area contributed by atoms with Gasteiger partial charge in [-0.2, -0.15) is 0 Å². The first-order chi connectivity index (χ1) is 9.69. The van der Waals surface area contributed by atoms with Gasteiger partial charge in [0.1, 0.15) is 17.6 Å². The van der Waals surface area contributed by atoms with Gasteiger partial charge in [0.2, 0.25) is 0 Å². The van der Waals surface area contributed by atoms with Crippen molar-refractivity contribution >= 4 is 5.78 Å². The Kier molecular flexibility index (Phi) is 3.32. The zero-order valence-corrected chi connectivity index (χ0v) is 11.2. The highest BCUT2D eigenvalue weighted by atomic mass is 16.5. The van der Waals surface area contributed by atoms with E-state index in [9.17, 15) is 9.90 Å². The van der Waals surface area contributed by atoms with Crippen molar-refractivity contribution in [3.8, 4) is 0 Å². The van der Waals surface area contributed by atoms with Crippen LogP contribution in [-0.4, -0.2) is 24.1 Å². The van der Waals surface area contributed by atoms with Crippen molar-refractivity contribution in [3.05, 3.63) is 59.1 Å². The van der Waals surface area contributed by atoms with Crippen molar-refractivity contribution in [3.63, 3.8) is 0 Å². The van der Waals surface area contributed by atoms with Gasteiger partial charge in [-0.3, -0.25) is 4.79 Å². The third kappa shape index (κ3) is 2.23. The predicted octanol–water partition coefficient (Wildman–Crippen LogP) is 2.27. The van der Waals surface area contributed by atoms with E-state index in [0.717, 1.165) is 5.56 Å². The number of hydrogen-bond donors (Lipinski definition) is 1. The van der Waals surface area contributed by atoms with Crippen LogP contribution in [0.25, 0.3) is 0 Å². The van der Waals surface area contributed by atoms with Crippen LogP contribution in [0, 0.1) is 0 Å². The molecule has 0 saturated carbocycles. The lowest BCUT2D eigenvalue weighted by atomic mass is 9.89. The van der Waals surface area contributed by atoms with Gasteiger partial charge in [-0.05, 0) is 5.56 Å². The van der Waals surface area contributed by atoms with Crippen molar-refractivity contribution in [1.29, 1.82) is 0 Å². The molecule has 4 nitrogen and oxygen atoms in total. The Morgan fingerprint density at radius 1 is 1.25 bits per heavy atom. The third-order valence-electron chi connectivity index (χ3n) is 3.66. The highest BCUT2D eigenvalue weighted by molar-refractivity contribution is 5.98. The summed E-state index contributed by atoms with van der Waals surface area (Å²) < 4.78 is 11.1. The van der Waals surface area contributed by atoms with Crippen LogP contribution in [0.3, 0.4) is 0 Å². The first-order valence-corrected chi connectivity index (χ1v) is 6.60. The Labute approximate surface area is 117 Å². The standard InChI is InChI=1S/C16H16O4/c1-19-11-7-12(17)16-13(18)9-14(20-15(16)8-11)10-5-3-2-4-6-10/h2-6,8,12,14,17H,7,9H2,1H3/t12?,14-/m0/s1. The monoisotopic (exact) mass is 272 g/mol. The van der Waals surface area contributed by atoms with Crippen molar-refractivity contribution in [2.75, 3.05) is 7.11 Å². The van der Waals surface area contributed by atoms with Gasteiger partial charge in [-0.25, -0.2) is 0 Å². The summed E-state index contributed by atoms with van der Waals surface area (Å²) in [6.45, 7) is 0. The Bertz CT molecular complexity index is 586. The molecule has 1 heterocycles. The van der Waals surface area contributed by atoms with E-state index in [1.807, 2.05) is 30.3 Å². The molecule has 0 saturated heterocycles. The molecule has 4 heteroatoms. The number of ether oxygens (including phenoxy) is 2. The number of carbonyl (C=O) groups excluding carboxylic acids is 1. The van der Waals surface area contributed by atoms with Gasteiger partial charge >= 0.3 is 0 Å². The van der Waals surface area contributed by atoms with Crippen LogP contribution in [0.2, 0.25) is 0 Å². The average Bonchev–Trinajstić information content (AvgIpc) is 2.47. The first kappa shape index (κ1) is 12.9. The highest BCUT2D eigenvalue weighted by Gasteiger charge is 2.35. The Balaban J connectivity index is 1.95. The van der Waals surface area contributed by atoms with Gasteiger partial charge in [0, 0.05) is 12.5 Å². The van der Waals surface area contributed by atoms with Crippen LogP contribution in [-0.2, 0) is 14.3 Å². The lowest BCUT2D eigenvalue weighted by Gasteiger charge is -2.31. The molecular weight excluding hydrogens is 256 g/mol. The smallest absolute Gasteiger partial charge is 0.169 e. The molecule has 2 aliphatic rings. The highest BCUT2D eigenvalue weighted by Crippen LogP contribution is 2.37. The maximum Gasteiger partial charge on any atom is 0.169 e. The predicted molar refractivity (Wildman–Crippen MR) is 72.6 cm³/mol. The van der Waals surface area contributed by atoms with Gasteiger partial charge in [-0.15, -0.1) is 0 Å². The topological polar surface area (TPSA) is 55.8 Å². The van der Waals surface area contributed by atoms with Crippen LogP contribution in [0.5, 0.6) is 0 Å². The fourth-order valence-corrected chi connectivity index (χ4v) is 2.63. The molecule has 0 spiro atoms. The third-order valence-corrected chi connectivity index (χ3v) is 3.66. The second-order valence-corrected chi connectivity index (χ2v) is 4.96. The quantitative estimate of drug-likeness (QED) is 0.897. The summed E-state index contributed by atoms with van der Waals surface area (Å²) in [5.74, 6) is 1.00. The molecule has 0 fully saturated rings. The van der Waals surface area contributed by atoms with E-state index in [2.05, 4.69) is 0 Å². The lowest BCUT2D eigenvalue weighted by molar-refractivity contribution is -0.121. The number of Topliss-reactive ketones (excluding diaryl/α,β-unsaturated/α-hetero) is 1. The summed E-state index contributed by atoms with van der Waals surface area (Å²) in [6.07, 6.45) is 1.14. The average molecular weight is 272 g/mol. The summed E-state index contributed by atoms with van der Waals surface area (Å²) >= 11 is 0. The Morgan fingerprint density at radius 2 is 2.00 bits per heavy atom. The molecule has 0 bridgehead atoms. The van der Waals surface area contributed by atoms with Crippen LogP contribution in [0.15, 0.2) is 53.5 Å². The molecule has 1 aliphatic heterocycles. The number of hydrogen-bond acceptors (Lipinski definition) is 4. The van der Waals surface area contributed by atoms with Crippen molar-refractivity contribution < 1.29 is 19.4 Å². The number of ketones is 1. The van der Waals surface area contributed by atoms with Gasteiger partial charge < -0.3 is 14.6 Å². The van der Waals surface area contributed by atoms with Crippen molar-refractivity contribution in [2.24, 2.45) is 0 Å². The first-order valence-electron chi connectivity index (χ1n) is 6.60. The second-order valence-electron chi connectivity index (χ2n) is 4.96. The molecule has 1 N–H and O–H groups in total. The van der Waals surface area contributed by atoms with E-state index in [0.29, 0.717) is 23.5 Å². The maximum atomic E-state index is 12.2. The molecule has 2 atom stereocenters. The summed E-state index contributed by atoms with van der Waals surface area (Å²) in [5.41, 5.74) is 1.33. The Morgan fingerprint density at radius 3 is 2.70 bits per heavy atom. The number of methoxy groups -OCH3 is 1. The summed E-state index contributed by atoms with van der Waals surface area (Å²) in [5, 5.41) is 10.1. The van der Waals surface area contributed by atoms with Crippen LogP contribution in [0.4, 0.5) is 0 Å². The molecule has 0 radical (unpaired) electrons. The summed E-state index contributed by atoms with van der Waals surface area (Å²) in [4.78, 5) is 12.2. The number of rotatable bonds is 2. The minimum Gasteiger partial charge on any atom is -0.501 e. The number of aliphatic hydroxyl groups is 1. The van der Waals surface area contributed by atoms with Gasteiger partial charge in [0.15, 0.2) is 5.78 Å². The fourth-order valence-electron chi connectivity index (χ4n) is 2.63. The number of aliphatic hydroxyl groups excluding tert-OH is 1. The molecule has 1 unspecified atom stereocenters. The molecule has 1 aromatic rings. The number of benzene rings is 1.